The van der Waals surface area contributed by atoms with Gasteiger partial charge in [0.1, 0.15) is 23.3 Å². The van der Waals surface area contributed by atoms with Gasteiger partial charge in [0.05, 0.1) is 5.02 Å². The van der Waals surface area contributed by atoms with Crippen LogP contribution in [-0.4, -0.2) is 11.0 Å². The first kappa shape index (κ1) is 15.7. The molecule has 23 heavy (non-hydrogen) atoms. The van der Waals surface area contributed by atoms with Gasteiger partial charge >= 0.3 is 0 Å². The number of hydrogen-bond acceptors (Lipinski definition) is 4. The van der Waals surface area contributed by atoms with Gasteiger partial charge < -0.3 is 11.5 Å². The molecule has 6 heteroatoms. The topological polar surface area (TPSA) is 88.7 Å². The van der Waals surface area contributed by atoms with Crippen molar-refractivity contribution in [2.24, 2.45) is 5.73 Å². The predicted molar refractivity (Wildman–Crippen MR) is 88.5 cm³/mol. The molecule has 0 unspecified atom stereocenters. The molecule has 2 aromatic rings. The first-order chi connectivity index (χ1) is 10.9. The minimum absolute atomic E-state index is 0.0511. The number of hydrogen-bond donors (Lipinski definition) is 2. The molecule has 0 saturated carbocycles. The van der Waals surface area contributed by atoms with Gasteiger partial charge in [0.2, 0.25) is 0 Å². The first-order valence-electron chi connectivity index (χ1n) is 7.36. The molecule has 3 rings (SSSR count). The lowest BCUT2D eigenvalue weighted by molar-refractivity contribution is 0.567. The van der Waals surface area contributed by atoms with Crippen LogP contribution >= 0.6 is 11.6 Å². The van der Waals surface area contributed by atoms with E-state index in [0.717, 1.165) is 17.7 Å². The molecule has 0 radical (unpaired) electrons. The average molecular weight is 331 g/mol. The summed E-state index contributed by atoms with van der Waals surface area (Å²) in [7, 11) is 0. The minimum atomic E-state index is -0.444. The molecule has 0 saturated heterocycles. The molecule has 4 N–H and O–H groups in total. The quantitative estimate of drug-likeness (QED) is 0.840. The highest BCUT2D eigenvalue weighted by atomic mass is 35.5. The first-order valence-corrected chi connectivity index (χ1v) is 7.73. The number of nitrogen functional groups attached to an aromatic ring is 1. The summed E-state index contributed by atoms with van der Waals surface area (Å²) < 4.78 is 14.8. The standard InChI is InChI=1S/C17H16ClFN4/c1-8-2-4-12(18)15(16(8)19)14-10-6-9(21)3-5-13(10)23-17(22)11(14)7-20/h2,4,9H,3,5-6,21H2,1H3,(H2,22,23)/t9-/m0/s1. The summed E-state index contributed by atoms with van der Waals surface area (Å²) in [6.07, 6.45) is 1.97. The number of aryl methyl sites for hydroxylation is 2. The fourth-order valence-corrected chi connectivity index (χ4v) is 3.32. The number of rotatable bonds is 1. The molecule has 4 nitrogen and oxygen atoms in total. The van der Waals surface area contributed by atoms with E-state index in [1.165, 1.54) is 0 Å². The monoisotopic (exact) mass is 330 g/mol. The third kappa shape index (κ3) is 2.54. The van der Waals surface area contributed by atoms with Gasteiger partial charge in [0.15, 0.2) is 0 Å². The van der Waals surface area contributed by atoms with Crippen LogP contribution in [0, 0.1) is 24.1 Å². The summed E-state index contributed by atoms with van der Waals surface area (Å²) in [5.41, 5.74) is 14.8. The Morgan fingerprint density at radius 2 is 2.13 bits per heavy atom. The summed E-state index contributed by atoms with van der Waals surface area (Å²) >= 11 is 6.25. The molecule has 0 aliphatic heterocycles. The van der Waals surface area contributed by atoms with E-state index < -0.39 is 5.82 Å². The van der Waals surface area contributed by atoms with E-state index in [1.807, 2.05) is 6.07 Å². The van der Waals surface area contributed by atoms with Gasteiger partial charge in [-0.2, -0.15) is 5.26 Å². The molecule has 1 aromatic heterocycles. The van der Waals surface area contributed by atoms with Gasteiger partial charge in [0, 0.05) is 22.9 Å². The Labute approximate surface area is 138 Å². The molecule has 1 heterocycles. The Morgan fingerprint density at radius 1 is 1.39 bits per heavy atom. The Balaban J connectivity index is 2.42. The van der Waals surface area contributed by atoms with Gasteiger partial charge in [-0.15, -0.1) is 0 Å². The lowest BCUT2D eigenvalue weighted by Gasteiger charge is -2.25. The van der Waals surface area contributed by atoms with Gasteiger partial charge in [0.25, 0.3) is 0 Å². The van der Waals surface area contributed by atoms with Crippen LogP contribution in [0.3, 0.4) is 0 Å². The number of aromatic nitrogens is 1. The van der Waals surface area contributed by atoms with Gasteiger partial charge in [-0.05, 0) is 43.4 Å². The van der Waals surface area contributed by atoms with Crippen LogP contribution in [0.2, 0.25) is 5.02 Å². The molecule has 0 fully saturated rings. The fourth-order valence-electron chi connectivity index (χ4n) is 3.08. The van der Waals surface area contributed by atoms with E-state index in [1.54, 1.807) is 19.1 Å². The third-order valence-electron chi connectivity index (χ3n) is 4.28. The number of nitrogens with zero attached hydrogens (tertiary/aromatic N) is 2. The van der Waals surface area contributed by atoms with Crippen LogP contribution in [-0.2, 0) is 12.8 Å². The van der Waals surface area contributed by atoms with Gasteiger partial charge in [-0.1, -0.05) is 17.7 Å². The second kappa shape index (κ2) is 5.80. The van der Waals surface area contributed by atoms with E-state index in [4.69, 9.17) is 23.1 Å². The SMILES string of the molecule is Cc1ccc(Cl)c(-c2c(C#N)c(N)nc3c2C[C@@H](N)CC3)c1F. The van der Waals surface area contributed by atoms with Crippen molar-refractivity contribution < 1.29 is 4.39 Å². The molecular weight excluding hydrogens is 315 g/mol. The second-order valence-electron chi connectivity index (χ2n) is 5.84. The van der Waals surface area contributed by atoms with E-state index in [9.17, 15) is 9.65 Å². The molecule has 0 bridgehead atoms. The summed E-state index contributed by atoms with van der Waals surface area (Å²) in [4.78, 5) is 4.32. The smallest absolute Gasteiger partial charge is 0.142 e. The highest BCUT2D eigenvalue weighted by Crippen LogP contribution is 2.40. The van der Waals surface area contributed by atoms with Crippen LogP contribution in [0.5, 0.6) is 0 Å². The summed E-state index contributed by atoms with van der Waals surface area (Å²) in [5, 5.41) is 9.76. The van der Waals surface area contributed by atoms with E-state index >= 15 is 0 Å². The summed E-state index contributed by atoms with van der Waals surface area (Å²) in [5.74, 6) is -0.338. The lowest BCUT2D eigenvalue weighted by atomic mass is 9.84. The number of benzene rings is 1. The van der Waals surface area contributed by atoms with Crippen molar-refractivity contribution in [2.75, 3.05) is 5.73 Å². The Bertz CT molecular complexity index is 842. The van der Waals surface area contributed by atoms with Crippen LogP contribution < -0.4 is 11.5 Å². The number of halogens is 2. The molecule has 1 aliphatic rings. The molecule has 1 aromatic carbocycles. The Morgan fingerprint density at radius 3 is 2.83 bits per heavy atom. The molecule has 1 aliphatic carbocycles. The number of anilines is 1. The fraction of sp³-hybridized carbons (Fsp3) is 0.294. The highest BCUT2D eigenvalue weighted by Gasteiger charge is 2.28. The normalized spacial score (nSPS) is 16.7. The van der Waals surface area contributed by atoms with Crippen molar-refractivity contribution in [3.8, 4) is 17.2 Å². The van der Waals surface area contributed by atoms with Crippen molar-refractivity contribution in [3.05, 3.63) is 45.4 Å². The van der Waals surface area contributed by atoms with Crippen molar-refractivity contribution in [2.45, 2.75) is 32.2 Å². The van der Waals surface area contributed by atoms with Crippen LogP contribution in [0.15, 0.2) is 12.1 Å². The zero-order chi connectivity index (χ0) is 16.7. The number of pyridine rings is 1. The number of nitriles is 1. The van der Waals surface area contributed by atoms with Gasteiger partial charge in [-0.25, -0.2) is 9.37 Å². The second-order valence-corrected chi connectivity index (χ2v) is 6.25. The highest BCUT2D eigenvalue weighted by molar-refractivity contribution is 6.33. The largest absolute Gasteiger partial charge is 0.383 e. The minimum Gasteiger partial charge on any atom is -0.383 e. The van der Waals surface area contributed by atoms with Crippen LogP contribution in [0.25, 0.3) is 11.1 Å². The van der Waals surface area contributed by atoms with E-state index in [2.05, 4.69) is 4.98 Å². The van der Waals surface area contributed by atoms with E-state index in [-0.39, 0.29) is 28.0 Å². The molecule has 1 atom stereocenters. The summed E-state index contributed by atoms with van der Waals surface area (Å²) in [6.45, 7) is 1.66. The average Bonchev–Trinajstić information content (AvgIpc) is 2.52. The van der Waals surface area contributed by atoms with Crippen molar-refractivity contribution in [1.29, 1.82) is 5.26 Å². The molecule has 0 amide bonds. The van der Waals surface area contributed by atoms with Crippen LogP contribution in [0.1, 0.15) is 28.8 Å². The Hall–Kier alpha value is -2.16. The zero-order valence-corrected chi connectivity index (χ0v) is 13.4. The molecule has 0 spiro atoms. The van der Waals surface area contributed by atoms with Crippen LogP contribution in [0.4, 0.5) is 10.2 Å². The molecule has 118 valence electrons. The van der Waals surface area contributed by atoms with Crippen molar-refractivity contribution in [1.82, 2.24) is 4.98 Å². The van der Waals surface area contributed by atoms with Crippen molar-refractivity contribution in [3.63, 3.8) is 0 Å². The maximum absolute atomic E-state index is 14.8. The third-order valence-corrected chi connectivity index (χ3v) is 4.59. The maximum atomic E-state index is 14.8. The Kier molecular flexibility index (Phi) is 3.97. The maximum Gasteiger partial charge on any atom is 0.142 e. The zero-order valence-electron chi connectivity index (χ0n) is 12.7. The summed E-state index contributed by atoms with van der Waals surface area (Å²) in [6, 6.07) is 5.23. The molecular formula is C17H16ClFN4. The van der Waals surface area contributed by atoms with E-state index in [0.29, 0.717) is 24.0 Å². The lowest BCUT2D eigenvalue weighted by Crippen LogP contribution is -2.29. The van der Waals surface area contributed by atoms with Crippen molar-refractivity contribution >= 4 is 17.4 Å². The van der Waals surface area contributed by atoms with Gasteiger partial charge in [-0.3, -0.25) is 0 Å². The number of nitrogens with two attached hydrogens (primary N) is 2. The number of fused-ring (bicyclic) bond motifs is 1. The predicted octanol–water partition coefficient (Wildman–Crippen LogP) is 3.12.